The number of hydrogen-bond acceptors (Lipinski definition) is 5. The minimum Gasteiger partial charge on any atom is -0.465 e. The first-order valence-electron chi connectivity index (χ1n) is 5.60. The molecule has 1 aliphatic carbocycles. The highest BCUT2D eigenvalue weighted by Crippen LogP contribution is 2.38. The number of methoxy groups -OCH3 is 1. The monoisotopic (exact) mass is 250 g/mol. The van der Waals surface area contributed by atoms with Crippen LogP contribution in [0.25, 0.3) is 0 Å². The lowest BCUT2D eigenvalue weighted by atomic mass is 9.97. The smallest absolute Gasteiger partial charge is 0.338 e. The third-order valence-corrected chi connectivity index (χ3v) is 3.17. The van der Waals surface area contributed by atoms with Crippen molar-refractivity contribution in [1.82, 2.24) is 0 Å². The van der Waals surface area contributed by atoms with E-state index in [1.54, 1.807) is 0 Å². The van der Waals surface area contributed by atoms with E-state index >= 15 is 0 Å². The predicted octanol–water partition coefficient (Wildman–Crippen LogP) is 1.42. The van der Waals surface area contributed by atoms with Crippen LogP contribution >= 0.6 is 0 Å². The summed E-state index contributed by atoms with van der Waals surface area (Å²) in [4.78, 5) is 22.1. The van der Waals surface area contributed by atoms with Gasteiger partial charge in [0.2, 0.25) is 0 Å². The van der Waals surface area contributed by atoms with E-state index in [1.807, 2.05) is 0 Å². The fraction of sp³-hybridized carbons (Fsp3) is 0.417. The highest BCUT2D eigenvalue weighted by atomic mass is 16.6. The molecule has 0 unspecified atom stereocenters. The van der Waals surface area contributed by atoms with Crippen LogP contribution in [0.2, 0.25) is 0 Å². The van der Waals surface area contributed by atoms with Crippen LogP contribution in [0.15, 0.2) is 18.2 Å². The van der Waals surface area contributed by atoms with Gasteiger partial charge in [0.25, 0.3) is 5.69 Å². The van der Waals surface area contributed by atoms with Crippen molar-refractivity contribution < 1.29 is 14.5 Å². The Labute approximate surface area is 104 Å². The van der Waals surface area contributed by atoms with Gasteiger partial charge in [-0.1, -0.05) is 6.07 Å². The number of nitro groups is 1. The van der Waals surface area contributed by atoms with Crippen LogP contribution in [0.3, 0.4) is 0 Å². The molecule has 1 aliphatic rings. The van der Waals surface area contributed by atoms with E-state index < -0.39 is 16.4 Å². The first-order valence-corrected chi connectivity index (χ1v) is 5.60. The zero-order valence-corrected chi connectivity index (χ0v) is 10.0. The number of benzene rings is 1. The molecule has 1 fully saturated rings. The largest absolute Gasteiger partial charge is 0.465 e. The molecule has 6 nitrogen and oxygen atoms in total. The Kier molecular flexibility index (Phi) is 3.04. The fourth-order valence-electron chi connectivity index (χ4n) is 1.92. The van der Waals surface area contributed by atoms with Gasteiger partial charge in [0.05, 0.1) is 17.6 Å². The molecule has 0 spiro atoms. The van der Waals surface area contributed by atoms with Crippen molar-refractivity contribution in [2.75, 3.05) is 7.11 Å². The van der Waals surface area contributed by atoms with E-state index in [4.69, 9.17) is 5.73 Å². The van der Waals surface area contributed by atoms with Crippen LogP contribution in [0.5, 0.6) is 0 Å². The molecule has 0 aliphatic heterocycles. The summed E-state index contributed by atoms with van der Waals surface area (Å²) in [5, 5.41) is 11.0. The van der Waals surface area contributed by atoms with Gasteiger partial charge in [-0.3, -0.25) is 10.1 Å². The van der Waals surface area contributed by atoms with Crippen LogP contribution in [0.1, 0.15) is 28.8 Å². The van der Waals surface area contributed by atoms with E-state index in [-0.39, 0.29) is 11.3 Å². The van der Waals surface area contributed by atoms with E-state index in [0.29, 0.717) is 12.0 Å². The Hall–Kier alpha value is -1.95. The minimum absolute atomic E-state index is 0.0744. The predicted molar refractivity (Wildman–Crippen MR) is 64.3 cm³/mol. The molecule has 1 aromatic carbocycles. The van der Waals surface area contributed by atoms with Gasteiger partial charge in [-0.2, -0.15) is 0 Å². The summed E-state index contributed by atoms with van der Waals surface area (Å²) in [5.74, 6) is -0.571. The van der Waals surface area contributed by atoms with Gasteiger partial charge in [-0.15, -0.1) is 0 Å². The lowest BCUT2D eigenvalue weighted by Crippen LogP contribution is -2.26. The lowest BCUT2D eigenvalue weighted by Gasteiger charge is -2.12. The topological polar surface area (TPSA) is 95.5 Å². The van der Waals surface area contributed by atoms with E-state index in [9.17, 15) is 14.9 Å². The van der Waals surface area contributed by atoms with Crippen LogP contribution in [-0.4, -0.2) is 23.5 Å². The molecule has 1 aromatic rings. The number of nitrogens with two attached hydrogens (primary N) is 1. The number of rotatable bonds is 4. The molecule has 96 valence electrons. The summed E-state index contributed by atoms with van der Waals surface area (Å²) in [5.41, 5.74) is 6.10. The van der Waals surface area contributed by atoms with Gasteiger partial charge < -0.3 is 10.5 Å². The summed E-state index contributed by atoms with van der Waals surface area (Å²) < 4.78 is 4.64. The van der Waals surface area contributed by atoms with Crippen LogP contribution in [0, 0.1) is 10.1 Å². The van der Waals surface area contributed by atoms with Gasteiger partial charge in [0.15, 0.2) is 0 Å². The van der Waals surface area contributed by atoms with Crippen molar-refractivity contribution in [3.8, 4) is 0 Å². The maximum absolute atomic E-state index is 11.6. The van der Waals surface area contributed by atoms with Gasteiger partial charge in [0, 0.05) is 17.2 Å². The third kappa shape index (κ3) is 2.33. The molecule has 0 radical (unpaired) electrons. The van der Waals surface area contributed by atoms with E-state index in [0.717, 1.165) is 12.8 Å². The average molecular weight is 250 g/mol. The number of nitrogens with zero attached hydrogens (tertiary/aromatic N) is 1. The maximum atomic E-state index is 11.6. The summed E-state index contributed by atoms with van der Waals surface area (Å²) in [6.07, 6.45) is 1.97. The number of carbonyl (C=O) groups excluding carboxylic acids is 1. The molecule has 0 heterocycles. The van der Waals surface area contributed by atoms with Crippen LogP contribution in [-0.2, 0) is 11.2 Å². The quantitative estimate of drug-likeness (QED) is 0.495. The molecular weight excluding hydrogens is 236 g/mol. The minimum atomic E-state index is -0.571. The fourth-order valence-corrected chi connectivity index (χ4v) is 1.92. The van der Waals surface area contributed by atoms with Gasteiger partial charge in [-0.05, 0) is 25.3 Å². The second kappa shape index (κ2) is 4.38. The third-order valence-electron chi connectivity index (χ3n) is 3.17. The van der Waals surface area contributed by atoms with Crippen LogP contribution < -0.4 is 5.73 Å². The molecule has 0 amide bonds. The Morgan fingerprint density at radius 2 is 2.22 bits per heavy atom. The first kappa shape index (κ1) is 12.5. The lowest BCUT2D eigenvalue weighted by molar-refractivity contribution is -0.385. The van der Waals surface area contributed by atoms with E-state index in [2.05, 4.69) is 4.74 Å². The number of esters is 1. The molecular formula is C12H14N2O4. The van der Waals surface area contributed by atoms with Crippen molar-refractivity contribution in [2.24, 2.45) is 5.73 Å². The average Bonchev–Trinajstić information content (AvgIpc) is 3.06. The molecule has 6 heteroatoms. The van der Waals surface area contributed by atoms with Crippen LogP contribution in [0.4, 0.5) is 5.69 Å². The van der Waals surface area contributed by atoms with Crippen molar-refractivity contribution in [3.05, 3.63) is 39.4 Å². The molecule has 0 saturated heterocycles. The SMILES string of the molecule is COC(=O)c1cccc([N+](=O)[O-])c1CC1(N)CC1. The molecule has 1 saturated carbocycles. The Morgan fingerprint density at radius 3 is 2.72 bits per heavy atom. The van der Waals surface area contributed by atoms with Gasteiger partial charge >= 0.3 is 5.97 Å². The zero-order valence-electron chi connectivity index (χ0n) is 10.0. The summed E-state index contributed by atoms with van der Waals surface area (Å²) in [6, 6.07) is 4.39. The number of ether oxygens (including phenoxy) is 1. The second-order valence-corrected chi connectivity index (χ2v) is 4.59. The molecule has 18 heavy (non-hydrogen) atoms. The Balaban J connectivity index is 2.48. The highest BCUT2D eigenvalue weighted by molar-refractivity contribution is 5.92. The molecule has 0 bridgehead atoms. The molecule has 0 atom stereocenters. The van der Waals surface area contributed by atoms with Gasteiger partial charge in [-0.25, -0.2) is 4.79 Å². The summed E-state index contributed by atoms with van der Waals surface area (Å²) >= 11 is 0. The Bertz CT molecular complexity index is 509. The Morgan fingerprint density at radius 1 is 1.56 bits per heavy atom. The molecule has 2 rings (SSSR count). The summed E-state index contributed by atoms with van der Waals surface area (Å²) in [7, 11) is 1.25. The standard InChI is InChI=1S/C12H14N2O4/c1-18-11(15)8-3-2-4-10(14(16)17)9(8)7-12(13)5-6-12/h2-4H,5-7,13H2,1H3. The van der Waals surface area contributed by atoms with Gasteiger partial charge in [0.1, 0.15) is 0 Å². The van der Waals surface area contributed by atoms with E-state index in [1.165, 1.54) is 25.3 Å². The molecule has 2 N–H and O–H groups in total. The summed E-state index contributed by atoms with van der Waals surface area (Å²) in [6.45, 7) is 0. The first-order chi connectivity index (χ1) is 8.47. The number of carbonyl (C=O) groups is 1. The van der Waals surface area contributed by atoms with Crippen molar-refractivity contribution in [3.63, 3.8) is 0 Å². The van der Waals surface area contributed by atoms with Crippen molar-refractivity contribution >= 4 is 11.7 Å². The number of hydrogen-bond donors (Lipinski definition) is 1. The zero-order chi connectivity index (χ0) is 13.3. The van der Waals surface area contributed by atoms with Crippen molar-refractivity contribution in [2.45, 2.75) is 24.8 Å². The normalized spacial score (nSPS) is 16.1. The molecule has 0 aromatic heterocycles. The van der Waals surface area contributed by atoms with Crippen molar-refractivity contribution in [1.29, 1.82) is 0 Å². The second-order valence-electron chi connectivity index (χ2n) is 4.59. The highest BCUT2D eigenvalue weighted by Gasteiger charge is 2.41. The maximum Gasteiger partial charge on any atom is 0.338 e. The number of nitro benzene ring substituents is 1.